The van der Waals surface area contributed by atoms with Gasteiger partial charge in [0.1, 0.15) is 5.82 Å². The second-order valence-corrected chi connectivity index (χ2v) is 11.1. The number of H-pyrrole nitrogens is 1. The molecule has 0 atom stereocenters. The second-order valence-electron chi connectivity index (χ2n) is 11.1. The molecule has 0 radical (unpaired) electrons. The third-order valence-corrected chi connectivity index (χ3v) is 7.70. The van der Waals surface area contributed by atoms with Crippen LogP contribution in [0, 0.1) is 11.2 Å². The number of imidazole rings is 1. The largest absolute Gasteiger partial charge is 0.351 e. The minimum absolute atomic E-state index is 0.144. The molecular weight excluding hydrogens is 537 g/mol. The maximum absolute atomic E-state index is 13.8. The van der Waals surface area contributed by atoms with E-state index in [1.54, 1.807) is 18.3 Å². The van der Waals surface area contributed by atoms with E-state index in [9.17, 15) is 9.18 Å². The van der Waals surface area contributed by atoms with Gasteiger partial charge in [-0.15, -0.1) is 0 Å². The number of hydrogen-bond donors (Lipinski definition) is 2. The van der Waals surface area contributed by atoms with Crippen LogP contribution in [-0.2, 0) is 20.8 Å². The van der Waals surface area contributed by atoms with E-state index in [1.807, 2.05) is 43.3 Å². The van der Waals surface area contributed by atoms with E-state index < -0.39 is 11.7 Å². The van der Waals surface area contributed by atoms with Crippen molar-refractivity contribution in [1.29, 1.82) is 0 Å². The van der Waals surface area contributed by atoms with Crippen LogP contribution < -0.4 is 10.2 Å². The van der Waals surface area contributed by atoms with Crippen molar-refractivity contribution in [2.24, 2.45) is 5.41 Å². The van der Waals surface area contributed by atoms with Crippen LogP contribution in [0.5, 0.6) is 0 Å². The normalized spacial score (nSPS) is 21.3. The SMILES string of the molecule is CN1CCN(c2nccc(-c3[nH]c(C4OCC(C)(C(=O)NCc5ccccc5)CO4)nc3-c3ccc(F)cc3)n2)CC1. The Hall–Kier alpha value is -4.19. The van der Waals surface area contributed by atoms with Gasteiger partial charge in [0.05, 0.1) is 35.7 Å². The lowest BCUT2D eigenvalue weighted by Gasteiger charge is -2.35. The average Bonchev–Trinajstić information content (AvgIpc) is 3.47. The Kier molecular flexibility index (Phi) is 7.96. The summed E-state index contributed by atoms with van der Waals surface area (Å²) < 4.78 is 25.9. The standard InChI is InChI=1S/C31H34FN7O3/c1-31(29(40)34-18-21-6-4-3-5-7-21)19-41-28(42-20-31)27-36-25(22-8-10-23(32)11-9-22)26(37-27)24-12-13-33-30(35-24)39-16-14-38(2)15-17-39/h3-13,28H,14-20H2,1-2H3,(H,34,40)(H,36,37). The highest BCUT2D eigenvalue weighted by molar-refractivity contribution is 5.82. The summed E-state index contributed by atoms with van der Waals surface area (Å²) in [5.74, 6) is 0.605. The quantitative estimate of drug-likeness (QED) is 0.345. The van der Waals surface area contributed by atoms with E-state index in [-0.39, 0.29) is 24.9 Å². The highest BCUT2D eigenvalue weighted by atomic mass is 19.1. The van der Waals surface area contributed by atoms with Gasteiger partial charge in [-0.1, -0.05) is 30.3 Å². The molecule has 2 aromatic carbocycles. The van der Waals surface area contributed by atoms with Crippen molar-refractivity contribution in [2.75, 3.05) is 51.3 Å². The lowest BCUT2D eigenvalue weighted by molar-refractivity contribution is -0.231. The summed E-state index contributed by atoms with van der Waals surface area (Å²) in [6, 6.07) is 17.7. The Morgan fingerprint density at radius 3 is 2.45 bits per heavy atom. The molecule has 0 aliphatic carbocycles. The third kappa shape index (κ3) is 6.03. The van der Waals surface area contributed by atoms with Gasteiger partial charge in [0.2, 0.25) is 18.1 Å². The molecule has 2 aliphatic heterocycles. The molecule has 2 fully saturated rings. The van der Waals surface area contributed by atoms with Crippen LogP contribution in [0.15, 0.2) is 66.9 Å². The van der Waals surface area contributed by atoms with Gasteiger partial charge in [-0.2, -0.15) is 0 Å². The zero-order valence-electron chi connectivity index (χ0n) is 23.7. The zero-order chi connectivity index (χ0) is 29.1. The fourth-order valence-electron chi connectivity index (χ4n) is 5.04. The number of benzene rings is 2. The van der Waals surface area contributed by atoms with Crippen LogP contribution in [0.4, 0.5) is 10.3 Å². The van der Waals surface area contributed by atoms with E-state index in [1.165, 1.54) is 12.1 Å². The molecule has 1 amide bonds. The smallest absolute Gasteiger partial charge is 0.230 e. The van der Waals surface area contributed by atoms with Crippen molar-refractivity contribution in [3.05, 3.63) is 84.1 Å². The van der Waals surface area contributed by atoms with E-state index in [4.69, 9.17) is 19.4 Å². The molecule has 0 saturated carbocycles. The van der Waals surface area contributed by atoms with Crippen molar-refractivity contribution < 1.29 is 18.7 Å². The van der Waals surface area contributed by atoms with Gasteiger partial charge in [0.15, 0.2) is 5.82 Å². The molecule has 218 valence electrons. The number of amides is 1. The number of halogens is 1. The fraction of sp³-hybridized carbons (Fsp3) is 0.355. The monoisotopic (exact) mass is 571 g/mol. The molecule has 0 unspecified atom stereocenters. The number of piperazine rings is 1. The molecule has 2 N–H and O–H groups in total. The molecule has 11 heteroatoms. The van der Waals surface area contributed by atoms with E-state index in [2.05, 4.69) is 32.1 Å². The van der Waals surface area contributed by atoms with Crippen molar-refractivity contribution >= 4 is 11.9 Å². The lowest BCUT2D eigenvalue weighted by atomic mass is 9.91. The Labute approximate surface area is 243 Å². The number of carbonyl (C=O) groups excluding carboxylic acids is 1. The predicted molar refractivity (Wildman–Crippen MR) is 156 cm³/mol. The first-order chi connectivity index (χ1) is 20.4. The number of ether oxygens (including phenoxy) is 2. The van der Waals surface area contributed by atoms with Crippen LogP contribution in [0.25, 0.3) is 22.6 Å². The number of anilines is 1. The maximum atomic E-state index is 13.8. The number of carbonyl (C=O) groups is 1. The summed E-state index contributed by atoms with van der Waals surface area (Å²) in [5.41, 5.74) is 2.77. The van der Waals surface area contributed by atoms with Crippen molar-refractivity contribution in [3.63, 3.8) is 0 Å². The zero-order valence-corrected chi connectivity index (χ0v) is 23.7. The summed E-state index contributed by atoms with van der Waals surface area (Å²) >= 11 is 0. The van der Waals surface area contributed by atoms with Crippen LogP contribution in [0.2, 0.25) is 0 Å². The molecule has 0 bridgehead atoms. The molecule has 2 aliphatic rings. The molecule has 10 nitrogen and oxygen atoms in total. The molecule has 2 aromatic heterocycles. The van der Waals surface area contributed by atoms with Crippen LogP contribution >= 0.6 is 0 Å². The van der Waals surface area contributed by atoms with E-state index >= 15 is 0 Å². The van der Waals surface area contributed by atoms with Gasteiger partial charge < -0.3 is 29.6 Å². The van der Waals surface area contributed by atoms with Crippen molar-refractivity contribution in [3.8, 4) is 22.6 Å². The molecule has 0 spiro atoms. The minimum Gasteiger partial charge on any atom is -0.351 e. The second kappa shape index (κ2) is 12.0. The third-order valence-electron chi connectivity index (χ3n) is 7.70. The molecular formula is C31H34FN7O3. The van der Waals surface area contributed by atoms with Gasteiger partial charge in [0, 0.05) is 44.5 Å². The van der Waals surface area contributed by atoms with Gasteiger partial charge in [-0.05, 0) is 49.9 Å². The molecule has 42 heavy (non-hydrogen) atoms. The van der Waals surface area contributed by atoms with Gasteiger partial charge in [-0.25, -0.2) is 19.3 Å². The lowest BCUT2D eigenvalue weighted by Crippen LogP contribution is -2.48. The topological polar surface area (TPSA) is 108 Å². The number of rotatable bonds is 7. The Bertz CT molecular complexity index is 1510. The highest BCUT2D eigenvalue weighted by Gasteiger charge is 2.41. The summed E-state index contributed by atoms with van der Waals surface area (Å²) in [5, 5.41) is 2.99. The van der Waals surface area contributed by atoms with Crippen LogP contribution in [0.3, 0.4) is 0 Å². The molecule has 6 rings (SSSR count). The number of hydrogen-bond acceptors (Lipinski definition) is 8. The summed E-state index contributed by atoms with van der Waals surface area (Å²) in [6.45, 7) is 6.09. The van der Waals surface area contributed by atoms with Gasteiger partial charge in [0.25, 0.3) is 0 Å². The first kappa shape index (κ1) is 28.0. The van der Waals surface area contributed by atoms with E-state index in [0.717, 1.165) is 37.3 Å². The Morgan fingerprint density at radius 1 is 1.02 bits per heavy atom. The number of aromatic amines is 1. The number of aromatic nitrogens is 4. The number of likely N-dealkylation sites (N-methyl/N-ethyl adjacent to an activating group) is 1. The first-order valence-electron chi connectivity index (χ1n) is 14.1. The van der Waals surface area contributed by atoms with Crippen LogP contribution in [-0.4, -0.2) is 77.2 Å². The Morgan fingerprint density at radius 2 is 1.74 bits per heavy atom. The Balaban J connectivity index is 1.22. The molecule has 4 heterocycles. The van der Waals surface area contributed by atoms with Gasteiger partial charge >= 0.3 is 0 Å². The van der Waals surface area contributed by atoms with E-state index in [0.29, 0.717) is 35.4 Å². The summed E-state index contributed by atoms with van der Waals surface area (Å²) in [7, 11) is 2.10. The van der Waals surface area contributed by atoms with Crippen molar-refractivity contribution in [2.45, 2.75) is 19.8 Å². The van der Waals surface area contributed by atoms with Crippen molar-refractivity contribution in [1.82, 2.24) is 30.2 Å². The molecule has 4 aromatic rings. The maximum Gasteiger partial charge on any atom is 0.230 e. The predicted octanol–water partition coefficient (Wildman–Crippen LogP) is 3.79. The average molecular weight is 572 g/mol. The summed E-state index contributed by atoms with van der Waals surface area (Å²) in [6.07, 6.45) is 0.921. The fourth-order valence-corrected chi connectivity index (χ4v) is 5.04. The molecule has 2 saturated heterocycles. The van der Waals surface area contributed by atoms with Gasteiger partial charge in [-0.3, -0.25) is 4.79 Å². The number of nitrogens with zero attached hydrogens (tertiary/aromatic N) is 5. The minimum atomic E-state index is -0.857. The van der Waals surface area contributed by atoms with Crippen LogP contribution in [0.1, 0.15) is 24.6 Å². The summed E-state index contributed by atoms with van der Waals surface area (Å²) in [4.78, 5) is 35.0. The number of nitrogens with one attached hydrogen (secondary N) is 2. The highest BCUT2D eigenvalue weighted by Crippen LogP contribution is 2.36. The first-order valence-corrected chi connectivity index (χ1v) is 14.1.